The Kier molecular flexibility index (Phi) is 6.03. The van der Waals surface area contributed by atoms with Crippen molar-refractivity contribution >= 4 is 33.5 Å². The first kappa shape index (κ1) is 20.6. The summed E-state index contributed by atoms with van der Waals surface area (Å²) >= 11 is 3.26. The Bertz CT molecular complexity index is 1040. The Morgan fingerprint density at radius 1 is 0.897 bits per heavy atom. The van der Waals surface area contributed by atoms with Crippen molar-refractivity contribution in [3.8, 4) is 5.75 Å². The number of nitrogens with one attached hydrogen (secondary N) is 1. The van der Waals surface area contributed by atoms with Crippen molar-refractivity contribution in [3.63, 3.8) is 0 Å². The number of esters is 1. The van der Waals surface area contributed by atoms with E-state index in [4.69, 9.17) is 4.74 Å². The van der Waals surface area contributed by atoms with Crippen LogP contribution in [0.25, 0.3) is 0 Å². The molecular weight excluding hydrogens is 451 g/mol. The molecule has 3 rings (SSSR count). The molecule has 29 heavy (non-hydrogen) atoms. The predicted octanol–water partition coefficient (Wildman–Crippen LogP) is 5.94. The Labute approximate surface area is 172 Å². The molecule has 0 bridgehead atoms. The third-order valence-electron chi connectivity index (χ3n) is 3.87. The van der Waals surface area contributed by atoms with Crippen LogP contribution in [0.2, 0.25) is 0 Å². The fraction of sp³-hybridized carbons (Fsp3) is 0.0476. The lowest BCUT2D eigenvalue weighted by Gasteiger charge is -2.12. The van der Waals surface area contributed by atoms with Gasteiger partial charge in [-0.1, -0.05) is 34.1 Å². The van der Waals surface area contributed by atoms with E-state index in [1.807, 2.05) is 0 Å². The molecule has 0 unspecified atom stereocenters. The molecule has 8 heteroatoms. The van der Waals surface area contributed by atoms with E-state index in [9.17, 15) is 22.8 Å². The van der Waals surface area contributed by atoms with Crippen LogP contribution in [0.4, 0.5) is 18.9 Å². The summed E-state index contributed by atoms with van der Waals surface area (Å²) in [6.07, 6.45) is -4.47. The smallest absolute Gasteiger partial charge is 0.416 e. The number of carbonyl (C=O) groups excluding carboxylic acids is 2. The van der Waals surface area contributed by atoms with E-state index in [2.05, 4.69) is 21.2 Å². The SMILES string of the molecule is O=C(Oc1cc(Br)ccc1C(=O)Nc1ccc(C(F)(F)F)cc1)c1ccccc1. The van der Waals surface area contributed by atoms with Gasteiger partial charge in [0.2, 0.25) is 0 Å². The maximum absolute atomic E-state index is 12.7. The number of hydrogen-bond acceptors (Lipinski definition) is 3. The van der Waals surface area contributed by atoms with Crippen LogP contribution in [-0.2, 0) is 6.18 Å². The summed E-state index contributed by atoms with van der Waals surface area (Å²) in [5, 5.41) is 2.50. The van der Waals surface area contributed by atoms with Gasteiger partial charge in [-0.05, 0) is 54.6 Å². The van der Waals surface area contributed by atoms with Crippen LogP contribution in [0, 0.1) is 0 Å². The molecule has 148 valence electrons. The number of alkyl halides is 3. The van der Waals surface area contributed by atoms with E-state index < -0.39 is 23.6 Å². The minimum atomic E-state index is -4.47. The average molecular weight is 464 g/mol. The zero-order valence-corrected chi connectivity index (χ0v) is 16.3. The molecule has 1 amide bonds. The number of ether oxygens (including phenoxy) is 1. The van der Waals surface area contributed by atoms with Gasteiger partial charge in [-0.2, -0.15) is 13.2 Å². The fourth-order valence-corrected chi connectivity index (χ4v) is 2.78. The minimum absolute atomic E-state index is 0.0117. The summed E-state index contributed by atoms with van der Waals surface area (Å²) < 4.78 is 43.9. The molecule has 0 aliphatic rings. The second-order valence-corrected chi connectivity index (χ2v) is 6.84. The van der Waals surface area contributed by atoms with Crippen molar-refractivity contribution in [1.82, 2.24) is 0 Å². The van der Waals surface area contributed by atoms with Crippen molar-refractivity contribution in [2.75, 3.05) is 5.32 Å². The van der Waals surface area contributed by atoms with Gasteiger partial charge in [-0.25, -0.2) is 4.79 Å². The summed E-state index contributed by atoms with van der Waals surface area (Å²) in [5.41, 5.74) is -0.290. The third-order valence-corrected chi connectivity index (χ3v) is 4.36. The van der Waals surface area contributed by atoms with Crippen LogP contribution in [0.3, 0.4) is 0 Å². The highest BCUT2D eigenvalue weighted by molar-refractivity contribution is 9.10. The molecule has 0 aliphatic heterocycles. The molecule has 3 aromatic rings. The van der Waals surface area contributed by atoms with E-state index in [1.54, 1.807) is 36.4 Å². The molecule has 0 aromatic heterocycles. The first-order valence-corrected chi connectivity index (χ1v) is 9.09. The Balaban J connectivity index is 1.81. The zero-order chi connectivity index (χ0) is 21.0. The van der Waals surface area contributed by atoms with E-state index in [1.165, 1.54) is 12.1 Å². The van der Waals surface area contributed by atoms with Crippen LogP contribution in [0.1, 0.15) is 26.3 Å². The highest BCUT2D eigenvalue weighted by Gasteiger charge is 2.30. The number of amides is 1. The van der Waals surface area contributed by atoms with Crippen LogP contribution in [0.15, 0.2) is 77.3 Å². The van der Waals surface area contributed by atoms with Crippen LogP contribution in [-0.4, -0.2) is 11.9 Å². The number of rotatable bonds is 4. The molecular formula is C21H13BrF3NO3. The summed E-state index contributed by atoms with van der Waals surface area (Å²) in [7, 11) is 0. The van der Waals surface area contributed by atoms with Gasteiger partial charge >= 0.3 is 12.1 Å². The number of anilines is 1. The van der Waals surface area contributed by atoms with Crippen molar-refractivity contribution < 1.29 is 27.5 Å². The van der Waals surface area contributed by atoms with E-state index in [0.29, 0.717) is 10.0 Å². The lowest BCUT2D eigenvalue weighted by atomic mass is 10.1. The highest BCUT2D eigenvalue weighted by Crippen LogP contribution is 2.30. The number of carbonyl (C=O) groups is 2. The van der Waals surface area contributed by atoms with Crippen LogP contribution in [0.5, 0.6) is 5.75 Å². The summed E-state index contributed by atoms with van der Waals surface area (Å²) in [5.74, 6) is -1.27. The molecule has 0 heterocycles. The lowest BCUT2D eigenvalue weighted by molar-refractivity contribution is -0.137. The van der Waals surface area contributed by atoms with Crippen molar-refractivity contribution in [3.05, 3.63) is 94.0 Å². The molecule has 3 aromatic carbocycles. The van der Waals surface area contributed by atoms with Crippen molar-refractivity contribution in [1.29, 1.82) is 0 Å². The summed E-state index contributed by atoms with van der Waals surface area (Å²) in [4.78, 5) is 24.9. The second kappa shape index (κ2) is 8.48. The topological polar surface area (TPSA) is 55.4 Å². The van der Waals surface area contributed by atoms with Gasteiger partial charge in [-0.15, -0.1) is 0 Å². The first-order chi connectivity index (χ1) is 13.7. The zero-order valence-electron chi connectivity index (χ0n) is 14.7. The third kappa shape index (κ3) is 5.23. The Hall–Kier alpha value is -3.13. The number of benzene rings is 3. The number of hydrogen-bond donors (Lipinski definition) is 1. The van der Waals surface area contributed by atoms with E-state index in [-0.39, 0.29) is 17.0 Å². The average Bonchev–Trinajstić information content (AvgIpc) is 2.68. The first-order valence-electron chi connectivity index (χ1n) is 8.29. The van der Waals surface area contributed by atoms with Crippen molar-refractivity contribution in [2.45, 2.75) is 6.18 Å². The molecule has 0 saturated carbocycles. The van der Waals surface area contributed by atoms with Gasteiger partial charge in [0, 0.05) is 10.2 Å². The quantitative estimate of drug-likeness (QED) is 0.384. The molecule has 0 radical (unpaired) electrons. The Morgan fingerprint density at radius 2 is 1.55 bits per heavy atom. The largest absolute Gasteiger partial charge is 0.422 e. The van der Waals surface area contributed by atoms with Gasteiger partial charge < -0.3 is 10.1 Å². The molecule has 0 atom stereocenters. The van der Waals surface area contributed by atoms with Gasteiger partial charge in [0.1, 0.15) is 5.75 Å². The maximum atomic E-state index is 12.7. The van der Waals surface area contributed by atoms with Gasteiger partial charge in [0.25, 0.3) is 5.91 Å². The van der Waals surface area contributed by atoms with Crippen LogP contribution < -0.4 is 10.1 Å². The molecule has 0 aliphatic carbocycles. The van der Waals surface area contributed by atoms with Crippen LogP contribution >= 0.6 is 15.9 Å². The lowest BCUT2D eigenvalue weighted by Crippen LogP contribution is -2.16. The summed E-state index contributed by atoms with van der Waals surface area (Å²) in [6, 6.07) is 16.8. The standard InChI is InChI=1S/C21H13BrF3NO3/c22-15-8-11-17(18(12-15)29-20(28)13-4-2-1-3-5-13)19(27)26-16-9-6-14(7-10-16)21(23,24)25/h1-12H,(H,26,27). The normalized spacial score (nSPS) is 11.0. The minimum Gasteiger partial charge on any atom is -0.422 e. The fourth-order valence-electron chi connectivity index (χ4n) is 2.44. The summed E-state index contributed by atoms with van der Waals surface area (Å²) in [6.45, 7) is 0. The van der Waals surface area contributed by atoms with Gasteiger partial charge in [0.05, 0.1) is 16.7 Å². The second-order valence-electron chi connectivity index (χ2n) is 5.93. The van der Waals surface area contributed by atoms with Gasteiger partial charge in [-0.3, -0.25) is 4.79 Å². The number of halogens is 4. The highest BCUT2D eigenvalue weighted by atomic mass is 79.9. The molecule has 0 fully saturated rings. The Morgan fingerprint density at radius 3 is 2.17 bits per heavy atom. The van der Waals surface area contributed by atoms with E-state index in [0.717, 1.165) is 24.3 Å². The molecule has 0 spiro atoms. The maximum Gasteiger partial charge on any atom is 0.416 e. The van der Waals surface area contributed by atoms with Crippen molar-refractivity contribution in [2.24, 2.45) is 0 Å². The monoisotopic (exact) mass is 463 g/mol. The molecule has 4 nitrogen and oxygen atoms in total. The van der Waals surface area contributed by atoms with Gasteiger partial charge in [0.15, 0.2) is 0 Å². The predicted molar refractivity (Wildman–Crippen MR) is 105 cm³/mol. The molecule has 1 N–H and O–H groups in total. The van der Waals surface area contributed by atoms with E-state index >= 15 is 0 Å². The molecule has 0 saturated heterocycles.